The Hall–Kier alpha value is -0.0600. The van der Waals surface area contributed by atoms with E-state index in [1.807, 2.05) is 11.3 Å². The molecule has 0 bridgehead atoms. The van der Waals surface area contributed by atoms with Crippen molar-refractivity contribution in [2.45, 2.75) is 39.4 Å². The van der Waals surface area contributed by atoms with Gasteiger partial charge in [-0.15, -0.1) is 11.3 Å². The lowest BCUT2D eigenvalue weighted by atomic mass is 10.3. The van der Waals surface area contributed by atoms with E-state index in [-0.39, 0.29) is 0 Å². The minimum atomic E-state index is 0.826. The molecule has 1 aromatic heterocycles. The van der Waals surface area contributed by atoms with Crippen LogP contribution in [0, 0.1) is 0 Å². The summed E-state index contributed by atoms with van der Waals surface area (Å²) in [4.78, 5) is 8.47. The van der Waals surface area contributed by atoms with Gasteiger partial charge in [-0.25, -0.2) is 4.98 Å². The second kappa shape index (κ2) is 7.30. The van der Waals surface area contributed by atoms with E-state index in [4.69, 9.17) is 0 Å². The number of nitrogens with zero attached hydrogens (tertiary/aromatic N) is 2. The van der Waals surface area contributed by atoms with Crippen molar-refractivity contribution < 1.29 is 0 Å². The molecule has 0 fully saturated rings. The van der Waals surface area contributed by atoms with E-state index in [1.54, 1.807) is 0 Å². The highest BCUT2D eigenvalue weighted by Gasteiger charge is 2.09. The van der Waals surface area contributed by atoms with Crippen LogP contribution in [-0.2, 0) is 18.6 Å². The van der Waals surface area contributed by atoms with Gasteiger partial charge < -0.3 is 4.90 Å². The molecule has 0 aromatic carbocycles. The molecule has 0 amide bonds. The Kier molecular flexibility index (Phi) is 6.39. The van der Waals surface area contributed by atoms with Crippen molar-refractivity contribution in [1.82, 2.24) is 9.88 Å². The summed E-state index contributed by atoms with van der Waals surface area (Å²) < 4.78 is 0. The molecule has 0 saturated carbocycles. The third-order valence-electron chi connectivity index (χ3n) is 2.84. The van der Waals surface area contributed by atoms with E-state index in [2.05, 4.69) is 43.3 Å². The second-order valence-electron chi connectivity index (χ2n) is 3.77. The Morgan fingerprint density at radius 1 is 1.25 bits per heavy atom. The molecule has 0 radical (unpaired) electrons. The first-order valence-electron chi connectivity index (χ1n) is 6.05. The number of hydrogen-bond donors (Lipinski definition) is 1. The molecular formula is C12H22N2S2. The summed E-state index contributed by atoms with van der Waals surface area (Å²) in [6, 6.07) is 0. The van der Waals surface area contributed by atoms with Gasteiger partial charge in [0.2, 0.25) is 0 Å². The summed E-state index contributed by atoms with van der Waals surface area (Å²) in [6.45, 7) is 9.96. The number of aryl methyl sites for hydroxylation is 1. The molecule has 0 aliphatic carbocycles. The zero-order valence-electron chi connectivity index (χ0n) is 10.5. The van der Waals surface area contributed by atoms with Crippen LogP contribution in [0.1, 0.15) is 36.3 Å². The SMILES string of the molecule is CCc1nc(CCN(CC)CC)sc1CS. The molecule has 0 unspecified atom stereocenters. The van der Waals surface area contributed by atoms with Crippen molar-refractivity contribution in [3.8, 4) is 0 Å². The van der Waals surface area contributed by atoms with Gasteiger partial charge in [0.05, 0.1) is 10.7 Å². The van der Waals surface area contributed by atoms with E-state index < -0.39 is 0 Å². The average Bonchev–Trinajstić information content (AvgIpc) is 2.73. The van der Waals surface area contributed by atoms with E-state index in [9.17, 15) is 0 Å². The largest absolute Gasteiger partial charge is 0.303 e. The number of thiazole rings is 1. The van der Waals surface area contributed by atoms with Gasteiger partial charge in [-0.1, -0.05) is 20.8 Å². The summed E-state index contributed by atoms with van der Waals surface area (Å²) in [5, 5.41) is 1.27. The van der Waals surface area contributed by atoms with Crippen molar-refractivity contribution in [2.75, 3.05) is 19.6 Å². The zero-order valence-corrected chi connectivity index (χ0v) is 12.2. The van der Waals surface area contributed by atoms with Crippen LogP contribution in [0.4, 0.5) is 0 Å². The third-order valence-corrected chi connectivity index (χ3v) is 4.52. The van der Waals surface area contributed by atoms with Gasteiger partial charge in [0, 0.05) is 23.6 Å². The van der Waals surface area contributed by atoms with Gasteiger partial charge in [0.15, 0.2) is 0 Å². The van der Waals surface area contributed by atoms with Crippen LogP contribution in [0.25, 0.3) is 0 Å². The zero-order chi connectivity index (χ0) is 12.0. The van der Waals surface area contributed by atoms with Gasteiger partial charge in [-0.2, -0.15) is 12.6 Å². The monoisotopic (exact) mass is 258 g/mol. The van der Waals surface area contributed by atoms with Crippen LogP contribution in [0.15, 0.2) is 0 Å². The Morgan fingerprint density at radius 3 is 2.38 bits per heavy atom. The molecule has 4 heteroatoms. The summed E-state index contributed by atoms with van der Waals surface area (Å²) in [6.07, 6.45) is 2.10. The number of thiol groups is 1. The Morgan fingerprint density at radius 2 is 1.94 bits per heavy atom. The van der Waals surface area contributed by atoms with Crippen LogP contribution < -0.4 is 0 Å². The minimum absolute atomic E-state index is 0.826. The van der Waals surface area contributed by atoms with Crippen LogP contribution in [0.5, 0.6) is 0 Å². The minimum Gasteiger partial charge on any atom is -0.303 e. The van der Waals surface area contributed by atoms with Crippen molar-refractivity contribution in [3.63, 3.8) is 0 Å². The van der Waals surface area contributed by atoms with Crippen LogP contribution in [-0.4, -0.2) is 29.5 Å². The summed E-state index contributed by atoms with van der Waals surface area (Å²) in [5.74, 6) is 0.826. The number of rotatable bonds is 7. The topological polar surface area (TPSA) is 16.1 Å². The van der Waals surface area contributed by atoms with Crippen LogP contribution in [0.3, 0.4) is 0 Å². The van der Waals surface area contributed by atoms with Crippen molar-refractivity contribution in [1.29, 1.82) is 0 Å². The molecule has 0 aliphatic heterocycles. The van der Waals surface area contributed by atoms with Crippen molar-refractivity contribution in [2.24, 2.45) is 0 Å². The standard InChI is InChI=1S/C12H22N2S2/c1-4-10-11(9-15)16-12(13-10)7-8-14(5-2)6-3/h15H,4-9H2,1-3H3. The molecular weight excluding hydrogens is 236 g/mol. The Balaban J connectivity index is 2.57. The van der Waals surface area contributed by atoms with E-state index in [0.717, 1.165) is 38.2 Å². The molecule has 0 N–H and O–H groups in total. The van der Waals surface area contributed by atoms with Gasteiger partial charge in [-0.3, -0.25) is 0 Å². The third kappa shape index (κ3) is 3.75. The molecule has 0 aliphatic rings. The van der Waals surface area contributed by atoms with Gasteiger partial charge in [0.1, 0.15) is 0 Å². The van der Waals surface area contributed by atoms with Crippen molar-refractivity contribution >= 4 is 24.0 Å². The number of likely N-dealkylation sites (N-methyl/N-ethyl adjacent to an activating group) is 1. The van der Waals surface area contributed by atoms with E-state index >= 15 is 0 Å². The predicted molar refractivity (Wildman–Crippen MR) is 75.7 cm³/mol. The summed E-state index contributed by atoms with van der Waals surface area (Å²) in [5.41, 5.74) is 1.24. The normalized spacial score (nSPS) is 11.3. The maximum absolute atomic E-state index is 4.68. The lowest BCUT2D eigenvalue weighted by molar-refractivity contribution is 0.308. The van der Waals surface area contributed by atoms with Crippen LogP contribution >= 0.6 is 24.0 Å². The fourth-order valence-corrected chi connectivity index (χ4v) is 3.12. The quantitative estimate of drug-likeness (QED) is 0.757. The number of aromatic nitrogens is 1. The van der Waals surface area contributed by atoms with E-state index in [1.165, 1.54) is 15.6 Å². The van der Waals surface area contributed by atoms with Crippen LogP contribution in [0.2, 0.25) is 0 Å². The maximum atomic E-state index is 4.68. The van der Waals surface area contributed by atoms with E-state index in [0.29, 0.717) is 0 Å². The molecule has 16 heavy (non-hydrogen) atoms. The molecule has 92 valence electrons. The smallest absolute Gasteiger partial charge is 0.0944 e. The maximum Gasteiger partial charge on any atom is 0.0944 e. The highest BCUT2D eigenvalue weighted by atomic mass is 32.1. The summed E-state index contributed by atoms with van der Waals surface area (Å²) >= 11 is 6.19. The van der Waals surface area contributed by atoms with Crippen molar-refractivity contribution in [3.05, 3.63) is 15.6 Å². The first kappa shape index (κ1) is 14.0. The summed E-state index contributed by atoms with van der Waals surface area (Å²) in [7, 11) is 0. The fraction of sp³-hybridized carbons (Fsp3) is 0.750. The van der Waals surface area contributed by atoms with Gasteiger partial charge in [-0.05, 0) is 19.5 Å². The molecule has 0 saturated heterocycles. The lowest BCUT2D eigenvalue weighted by Gasteiger charge is -2.16. The lowest BCUT2D eigenvalue weighted by Crippen LogP contribution is -2.25. The molecule has 2 nitrogen and oxygen atoms in total. The molecule has 1 rings (SSSR count). The molecule has 1 aromatic rings. The second-order valence-corrected chi connectivity index (χ2v) is 5.25. The highest BCUT2D eigenvalue weighted by Crippen LogP contribution is 2.21. The molecule has 0 spiro atoms. The fourth-order valence-electron chi connectivity index (χ4n) is 1.74. The first-order valence-corrected chi connectivity index (χ1v) is 7.50. The highest BCUT2D eigenvalue weighted by molar-refractivity contribution is 7.79. The predicted octanol–water partition coefficient (Wildman–Crippen LogP) is 3.02. The first-order chi connectivity index (χ1) is 7.74. The molecule has 1 heterocycles. The van der Waals surface area contributed by atoms with Gasteiger partial charge in [0.25, 0.3) is 0 Å². The average molecular weight is 258 g/mol. The number of hydrogen-bond acceptors (Lipinski definition) is 4. The Labute approximate surface area is 108 Å². The Bertz CT molecular complexity index is 284. The molecule has 0 atom stereocenters. The van der Waals surface area contributed by atoms with Gasteiger partial charge >= 0.3 is 0 Å².